The van der Waals surface area contributed by atoms with E-state index in [0.29, 0.717) is 23.6 Å². The minimum absolute atomic E-state index is 0.00629. The fourth-order valence-corrected chi connectivity index (χ4v) is 3.05. The fraction of sp³-hybridized carbons (Fsp3) is 0.318. The number of nitrogens with zero attached hydrogens (tertiary/aromatic N) is 4. The van der Waals surface area contributed by atoms with Crippen LogP contribution in [0.25, 0.3) is 0 Å². The zero-order valence-electron chi connectivity index (χ0n) is 18.7. The number of nitrogens with one attached hydrogen (secondary N) is 2. The van der Waals surface area contributed by atoms with E-state index in [1.807, 2.05) is 7.05 Å². The van der Waals surface area contributed by atoms with E-state index in [4.69, 9.17) is 9.47 Å². The highest BCUT2D eigenvalue weighted by Crippen LogP contribution is 2.16. The van der Waals surface area contributed by atoms with E-state index in [1.54, 1.807) is 31.3 Å². The van der Waals surface area contributed by atoms with Crippen molar-refractivity contribution in [3.05, 3.63) is 69.8 Å². The Bertz CT molecular complexity index is 1190. The smallest absolute Gasteiger partial charge is 0.360 e. The Labute approximate surface area is 190 Å². The summed E-state index contributed by atoms with van der Waals surface area (Å²) < 4.78 is 13.0. The molecule has 11 nitrogen and oxygen atoms in total. The van der Waals surface area contributed by atoms with E-state index in [2.05, 4.69) is 20.8 Å². The van der Waals surface area contributed by atoms with Gasteiger partial charge in [0.15, 0.2) is 5.69 Å². The lowest BCUT2D eigenvalue weighted by Gasteiger charge is -2.10. The number of methoxy groups -OCH3 is 1. The van der Waals surface area contributed by atoms with Crippen LogP contribution in [0.2, 0.25) is 0 Å². The number of benzene rings is 1. The number of anilines is 1. The van der Waals surface area contributed by atoms with Crippen LogP contribution in [-0.2, 0) is 18.3 Å². The lowest BCUT2D eigenvalue weighted by Crippen LogP contribution is -2.23. The molecule has 11 heteroatoms. The van der Waals surface area contributed by atoms with Crippen molar-refractivity contribution in [2.75, 3.05) is 32.6 Å². The first-order valence-electron chi connectivity index (χ1n) is 10.3. The summed E-state index contributed by atoms with van der Waals surface area (Å²) in [6.45, 7) is 1.45. The Hall–Kier alpha value is -3.99. The summed E-state index contributed by atoms with van der Waals surface area (Å²) >= 11 is 0. The lowest BCUT2D eigenvalue weighted by atomic mass is 10.1. The number of esters is 1. The van der Waals surface area contributed by atoms with E-state index in [1.165, 1.54) is 34.8 Å². The van der Waals surface area contributed by atoms with Gasteiger partial charge in [-0.25, -0.2) is 9.48 Å². The van der Waals surface area contributed by atoms with Crippen molar-refractivity contribution < 1.29 is 19.1 Å². The zero-order valence-corrected chi connectivity index (χ0v) is 18.7. The molecule has 2 N–H and O–H groups in total. The van der Waals surface area contributed by atoms with Crippen LogP contribution in [0.1, 0.15) is 32.8 Å². The van der Waals surface area contributed by atoms with E-state index in [9.17, 15) is 14.4 Å². The third-order valence-electron chi connectivity index (χ3n) is 4.64. The maximum atomic E-state index is 12.8. The molecule has 0 unspecified atom stereocenters. The minimum atomic E-state index is -0.654. The first-order valence-corrected chi connectivity index (χ1v) is 10.3. The van der Waals surface area contributed by atoms with E-state index >= 15 is 0 Å². The molecule has 0 saturated heterocycles. The molecule has 0 spiro atoms. The highest BCUT2D eigenvalue weighted by Gasteiger charge is 2.19. The number of carbonyl (C=O) groups is 2. The summed E-state index contributed by atoms with van der Waals surface area (Å²) in [5, 5.41) is 14.0. The number of aryl methyl sites for hydroxylation is 1. The molecule has 0 bridgehead atoms. The number of aromatic nitrogens is 4. The van der Waals surface area contributed by atoms with Crippen LogP contribution in [0.3, 0.4) is 0 Å². The number of amides is 1. The number of carbonyl (C=O) groups excluding carboxylic acids is 2. The Balaban J connectivity index is 1.73. The highest BCUT2D eigenvalue weighted by atomic mass is 16.5. The Morgan fingerprint density at radius 3 is 2.73 bits per heavy atom. The van der Waals surface area contributed by atoms with E-state index in [0.717, 1.165) is 13.0 Å². The van der Waals surface area contributed by atoms with Gasteiger partial charge in [-0.1, -0.05) is 12.1 Å². The van der Waals surface area contributed by atoms with Gasteiger partial charge in [-0.2, -0.15) is 5.10 Å². The zero-order chi connectivity index (χ0) is 23.8. The molecule has 0 saturated carbocycles. The molecule has 174 valence electrons. The van der Waals surface area contributed by atoms with Crippen molar-refractivity contribution >= 4 is 17.6 Å². The molecular formula is C22H26N6O5. The largest absolute Gasteiger partial charge is 0.477 e. The molecule has 0 radical (unpaired) electrons. The van der Waals surface area contributed by atoms with Crippen LogP contribution < -0.4 is 20.9 Å². The highest BCUT2D eigenvalue weighted by molar-refractivity contribution is 6.07. The van der Waals surface area contributed by atoms with Crippen LogP contribution in [0.4, 0.5) is 5.69 Å². The second-order valence-corrected chi connectivity index (χ2v) is 7.18. The summed E-state index contributed by atoms with van der Waals surface area (Å²) in [5.41, 5.74) is 1.00. The number of hydrogen-bond donors (Lipinski definition) is 2. The molecule has 2 aromatic heterocycles. The maximum Gasteiger partial charge on any atom is 0.360 e. The van der Waals surface area contributed by atoms with Crippen molar-refractivity contribution in [2.24, 2.45) is 7.05 Å². The second kappa shape index (κ2) is 11.0. The molecule has 3 aromatic rings. The normalized spacial score (nSPS) is 10.6. The Kier molecular flexibility index (Phi) is 7.92. The molecule has 3 rings (SSSR count). The van der Waals surface area contributed by atoms with Gasteiger partial charge in [-0.3, -0.25) is 14.3 Å². The first kappa shape index (κ1) is 23.7. The van der Waals surface area contributed by atoms with Crippen LogP contribution >= 0.6 is 0 Å². The molecule has 0 fully saturated rings. The lowest BCUT2D eigenvalue weighted by molar-refractivity contribution is 0.0594. The van der Waals surface area contributed by atoms with Gasteiger partial charge in [0.2, 0.25) is 5.88 Å². The van der Waals surface area contributed by atoms with Gasteiger partial charge < -0.3 is 20.1 Å². The molecule has 0 aliphatic carbocycles. The molecule has 2 heterocycles. The summed E-state index contributed by atoms with van der Waals surface area (Å²) in [6.07, 6.45) is 2.32. The molecular weight excluding hydrogens is 428 g/mol. The standard InChI is InChI=1S/C22H26N6O5/c1-23-10-5-11-33-18-8-9-19(29)28(25-18)13-15-6-4-7-16(12-15)21(30)24-17-14-27(2)26-20(17)22(31)32-3/h4,6-9,12,14,23H,5,10-11,13H2,1-3H3,(H,24,30). The fourth-order valence-electron chi connectivity index (χ4n) is 3.05. The van der Waals surface area contributed by atoms with Crippen LogP contribution in [-0.4, -0.2) is 58.7 Å². The second-order valence-electron chi connectivity index (χ2n) is 7.18. The topological polar surface area (TPSA) is 129 Å². The van der Waals surface area contributed by atoms with Gasteiger partial charge in [-0.15, -0.1) is 5.10 Å². The SMILES string of the molecule is CNCCCOc1ccc(=O)n(Cc2cccc(C(=O)Nc3cn(C)nc3C(=O)OC)c2)n1. The average Bonchev–Trinajstić information content (AvgIpc) is 3.18. The number of rotatable bonds is 10. The molecule has 0 aliphatic rings. The molecule has 0 atom stereocenters. The summed E-state index contributed by atoms with van der Waals surface area (Å²) in [5.74, 6) is -0.735. The van der Waals surface area contributed by atoms with Crippen molar-refractivity contribution in [2.45, 2.75) is 13.0 Å². The minimum Gasteiger partial charge on any atom is -0.477 e. The van der Waals surface area contributed by atoms with Gasteiger partial charge in [0.05, 0.1) is 25.9 Å². The average molecular weight is 454 g/mol. The molecule has 1 amide bonds. The van der Waals surface area contributed by atoms with Crippen LogP contribution in [0.5, 0.6) is 5.88 Å². The van der Waals surface area contributed by atoms with Crippen molar-refractivity contribution in [3.8, 4) is 5.88 Å². The third kappa shape index (κ3) is 6.26. The predicted octanol–water partition coefficient (Wildman–Crippen LogP) is 1.05. The van der Waals surface area contributed by atoms with E-state index < -0.39 is 11.9 Å². The third-order valence-corrected chi connectivity index (χ3v) is 4.64. The van der Waals surface area contributed by atoms with Gasteiger partial charge in [0.25, 0.3) is 11.5 Å². The van der Waals surface area contributed by atoms with Gasteiger partial charge >= 0.3 is 5.97 Å². The van der Waals surface area contributed by atoms with E-state index in [-0.39, 0.29) is 23.5 Å². The number of ether oxygens (including phenoxy) is 2. The predicted molar refractivity (Wildman–Crippen MR) is 121 cm³/mol. The summed E-state index contributed by atoms with van der Waals surface area (Å²) in [4.78, 5) is 36.9. The van der Waals surface area contributed by atoms with Gasteiger partial charge in [0, 0.05) is 30.9 Å². The summed E-state index contributed by atoms with van der Waals surface area (Å²) in [7, 11) is 4.73. The van der Waals surface area contributed by atoms with Crippen molar-refractivity contribution in [1.29, 1.82) is 0 Å². The Morgan fingerprint density at radius 1 is 1.15 bits per heavy atom. The van der Waals surface area contributed by atoms with Crippen molar-refractivity contribution in [3.63, 3.8) is 0 Å². The summed E-state index contributed by atoms with van der Waals surface area (Å²) in [6, 6.07) is 9.71. The first-order chi connectivity index (χ1) is 15.9. The Morgan fingerprint density at radius 2 is 1.97 bits per heavy atom. The molecule has 33 heavy (non-hydrogen) atoms. The monoisotopic (exact) mass is 454 g/mol. The maximum absolute atomic E-state index is 12.8. The van der Waals surface area contributed by atoms with Crippen molar-refractivity contribution in [1.82, 2.24) is 24.9 Å². The quantitative estimate of drug-likeness (QED) is 0.344. The van der Waals surface area contributed by atoms with Crippen LogP contribution in [0.15, 0.2) is 47.4 Å². The van der Waals surface area contributed by atoms with Crippen LogP contribution in [0, 0.1) is 0 Å². The molecule has 0 aliphatic heterocycles. The van der Waals surface area contributed by atoms with Gasteiger partial charge in [-0.05, 0) is 37.7 Å². The number of hydrogen-bond acceptors (Lipinski definition) is 8. The molecule has 1 aromatic carbocycles. The van der Waals surface area contributed by atoms with Gasteiger partial charge in [0.1, 0.15) is 0 Å².